The summed E-state index contributed by atoms with van der Waals surface area (Å²) >= 11 is 5.84. The molecule has 1 N–H and O–H groups in total. The lowest BCUT2D eigenvalue weighted by Crippen LogP contribution is -2.21. The quantitative estimate of drug-likeness (QED) is 0.573. The van der Waals surface area contributed by atoms with Crippen LogP contribution in [0.1, 0.15) is 15.9 Å². The predicted molar refractivity (Wildman–Crippen MR) is 104 cm³/mol. The van der Waals surface area contributed by atoms with Crippen molar-refractivity contribution in [2.45, 2.75) is 6.54 Å². The summed E-state index contributed by atoms with van der Waals surface area (Å²) < 4.78 is 16.7. The molecule has 8 heteroatoms. The third kappa shape index (κ3) is 3.52. The first-order valence-corrected chi connectivity index (χ1v) is 8.78. The van der Waals surface area contributed by atoms with Gasteiger partial charge in [0.1, 0.15) is 5.82 Å². The number of benzene rings is 2. The maximum atomic E-state index is 13.9. The SMILES string of the molecule is O=C(Nc1cccc(Cn2nc3ccccn3c2=O)c1)c1cc(Cl)ccc1F. The maximum absolute atomic E-state index is 13.9. The van der Waals surface area contributed by atoms with Crippen LogP contribution in [0.3, 0.4) is 0 Å². The molecule has 28 heavy (non-hydrogen) atoms. The number of fused-ring (bicyclic) bond motifs is 1. The summed E-state index contributed by atoms with van der Waals surface area (Å²) in [5, 5.41) is 7.20. The number of carbonyl (C=O) groups excluding carboxylic acids is 1. The zero-order valence-corrected chi connectivity index (χ0v) is 15.2. The van der Waals surface area contributed by atoms with Gasteiger partial charge in [-0.05, 0) is 48.0 Å². The van der Waals surface area contributed by atoms with Gasteiger partial charge in [-0.2, -0.15) is 0 Å². The Morgan fingerprint density at radius 1 is 1.11 bits per heavy atom. The van der Waals surface area contributed by atoms with Gasteiger partial charge in [0.15, 0.2) is 5.65 Å². The smallest absolute Gasteiger partial charge is 0.322 e. The van der Waals surface area contributed by atoms with Crippen LogP contribution in [0.5, 0.6) is 0 Å². The Bertz CT molecular complexity index is 1250. The highest BCUT2D eigenvalue weighted by atomic mass is 35.5. The number of halogens is 2. The lowest BCUT2D eigenvalue weighted by molar-refractivity contribution is 0.102. The second-order valence-corrected chi connectivity index (χ2v) is 6.58. The first-order chi connectivity index (χ1) is 13.5. The van der Waals surface area contributed by atoms with Gasteiger partial charge in [0.05, 0.1) is 12.1 Å². The lowest BCUT2D eigenvalue weighted by atomic mass is 10.1. The van der Waals surface area contributed by atoms with Crippen molar-refractivity contribution in [2.24, 2.45) is 0 Å². The minimum Gasteiger partial charge on any atom is -0.322 e. The molecule has 0 aliphatic carbocycles. The van der Waals surface area contributed by atoms with E-state index in [9.17, 15) is 14.0 Å². The largest absolute Gasteiger partial charge is 0.350 e. The van der Waals surface area contributed by atoms with Gasteiger partial charge in [-0.25, -0.2) is 13.9 Å². The molecular formula is C20H14ClFN4O2. The first-order valence-electron chi connectivity index (χ1n) is 8.41. The van der Waals surface area contributed by atoms with Crippen molar-refractivity contribution >= 4 is 28.8 Å². The van der Waals surface area contributed by atoms with Crippen molar-refractivity contribution in [2.75, 3.05) is 5.32 Å². The molecule has 2 aromatic heterocycles. The monoisotopic (exact) mass is 396 g/mol. The van der Waals surface area contributed by atoms with Crippen LogP contribution in [0, 0.1) is 5.82 Å². The second-order valence-electron chi connectivity index (χ2n) is 6.15. The van der Waals surface area contributed by atoms with Crippen molar-refractivity contribution in [3.63, 3.8) is 0 Å². The topological polar surface area (TPSA) is 68.4 Å². The van der Waals surface area contributed by atoms with Gasteiger partial charge in [0.25, 0.3) is 5.91 Å². The summed E-state index contributed by atoms with van der Waals surface area (Å²) in [6.45, 7) is 0.232. The molecule has 4 rings (SSSR count). The Morgan fingerprint density at radius 3 is 2.79 bits per heavy atom. The van der Waals surface area contributed by atoms with Gasteiger partial charge in [-0.3, -0.25) is 9.20 Å². The van der Waals surface area contributed by atoms with Crippen LogP contribution in [0.25, 0.3) is 5.65 Å². The summed E-state index contributed by atoms with van der Waals surface area (Å²) in [6.07, 6.45) is 1.65. The molecule has 0 spiro atoms. The highest BCUT2D eigenvalue weighted by molar-refractivity contribution is 6.31. The first kappa shape index (κ1) is 17.9. The number of nitrogens with one attached hydrogen (secondary N) is 1. The second kappa shape index (κ2) is 7.28. The van der Waals surface area contributed by atoms with Gasteiger partial charge in [-0.1, -0.05) is 29.8 Å². The number of pyridine rings is 1. The molecule has 0 fully saturated rings. The molecule has 2 heterocycles. The molecule has 0 saturated heterocycles. The number of rotatable bonds is 4. The molecule has 0 radical (unpaired) electrons. The normalized spacial score (nSPS) is 10.9. The molecule has 0 saturated carbocycles. The molecule has 2 aromatic carbocycles. The Morgan fingerprint density at radius 2 is 1.96 bits per heavy atom. The summed E-state index contributed by atoms with van der Waals surface area (Å²) in [4.78, 5) is 24.7. The molecule has 0 bridgehead atoms. The molecule has 140 valence electrons. The number of hydrogen-bond donors (Lipinski definition) is 1. The van der Waals surface area contributed by atoms with Gasteiger partial charge < -0.3 is 5.32 Å². The Labute approximate surface area is 163 Å². The maximum Gasteiger partial charge on any atom is 0.350 e. The molecular weight excluding hydrogens is 383 g/mol. The van der Waals surface area contributed by atoms with Gasteiger partial charge in [0, 0.05) is 16.9 Å². The molecule has 0 atom stereocenters. The summed E-state index contributed by atoms with van der Waals surface area (Å²) in [5.74, 6) is -1.27. The van der Waals surface area contributed by atoms with E-state index in [0.29, 0.717) is 11.3 Å². The van der Waals surface area contributed by atoms with E-state index in [1.807, 2.05) is 6.07 Å². The average Bonchev–Trinajstić information content (AvgIpc) is 3.00. The van der Waals surface area contributed by atoms with Crippen LogP contribution < -0.4 is 11.0 Å². The van der Waals surface area contributed by atoms with Crippen molar-refractivity contribution < 1.29 is 9.18 Å². The highest BCUT2D eigenvalue weighted by Gasteiger charge is 2.13. The molecule has 0 aliphatic rings. The number of hydrogen-bond acceptors (Lipinski definition) is 3. The zero-order valence-electron chi connectivity index (χ0n) is 14.5. The third-order valence-corrected chi connectivity index (χ3v) is 4.41. The summed E-state index contributed by atoms with van der Waals surface area (Å²) in [5.41, 5.74) is 1.38. The molecule has 6 nitrogen and oxygen atoms in total. The fourth-order valence-corrected chi connectivity index (χ4v) is 3.03. The van der Waals surface area contributed by atoms with E-state index in [2.05, 4.69) is 10.4 Å². The number of anilines is 1. The Hall–Kier alpha value is -3.45. The number of nitrogens with zero attached hydrogens (tertiary/aromatic N) is 3. The van der Waals surface area contributed by atoms with Crippen LogP contribution in [0.4, 0.5) is 10.1 Å². The average molecular weight is 397 g/mol. The van der Waals surface area contributed by atoms with Crippen LogP contribution in [0.15, 0.2) is 71.7 Å². The minimum absolute atomic E-state index is 0.144. The lowest BCUT2D eigenvalue weighted by Gasteiger charge is -2.08. The number of aromatic nitrogens is 3. The number of amides is 1. The van der Waals surface area contributed by atoms with E-state index in [4.69, 9.17) is 11.6 Å². The van der Waals surface area contributed by atoms with Gasteiger partial charge in [0.2, 0.25) is 0 Å². The highest BCUT2D eigenvalue weighted by Crippen LogP contribution is 2.18. The summed E-state index contributed by atoms with van der Waals surface area (Å²) in [6, 6.07) is 16.0. The molecule has 0 unspecified atom stereocenters. The Kier molecular flexibility index (Phi) is 4.67. The van der Waals surface area contributed by atoms with Crippen molar-refractivity contribution in [3.05, 3.63) is 99.3 Å². The van der Waals surface area contributed by atoms with E-state index in [1.165, 1.54) is 21.2 Å². The van der Waals surface area contributed by atoms with E-state index in [1.54, 1.807) is 42.6 Å². The van der Waals surface area contributed by atoms with E-state index in [-0.39, 0.29) is 22.8 Å². The van der Waals surface area contributed by atoms with Gasteiger partial charge >= 0.3 is 5.69 Å². The molecule has 4 aromatic rings. The van der Waals surface area contributed by atoms with E-state index < -0.39 is 11.7 Å². The zero-order chi connectivity index (χ0) is 19.7. The predicted octanol–water partition coefficient (Wildman–Crippen LogP) is 3.59. The third-order valence-electron chi connectivity index (χ3n) is 4.18. The van der Waals surface area contributed by atoms with Crippen LogP contribution in [-0.2, 0) is 6.54 Å². The summed E-state index contributed by atoms with van der Waals surface area (Å²) in [7, 11) is 0. The minimum atomic E-state index is -0.658. The van der Waals surface area contributed by atoms with E-state index >= 15 is 0 Å². The number of carbonyl (C=O) groups is 1. The fourth-order valence-electron chi connectivity index (χ4n) is 2.86. The fraction of sp³-hybridized carbons (Fsp3) is 0.0500. The Balaban J connectivity index is 1.57. The van der Waals surface area contributed by atoms with Crippen molar-refractivity contribution in [1.29, 1.82) is 0 Å². The molecule has 0 aliphatic heterocycles. The van der Waals surface area contributed by atoms with Gasteiger partial charge in [-0.15, -0.1) is 5.10 Å². The standard InChI is InChI=1S/C20H14ClFN4O2/c21-14-7-8-17(22)16(11-14)19(27)23-15-5-3-4-13(10-15)12-26-20(28)25-9-2-1-6-18(25)24-26/h1-11H,12H2,(H,23,27). The molecule has 1 amide bonds. The van der Waals surface area contributed by atoms with Crippen molar-refractivity contribution in [3.8, 4) is 0 Å². The van der Waals surface area contributed by atoms with E-state index in [0.717, 1.165) is 11.6 Å². The van der Waals surface area contributed by atoms with Crippen LogP contribution in [-0.4, -0.2) is 20.1 Å². The van der Waals surface area contributed by atoms with Crippen molar-refractivity contribution in [1.82, 2.24) is 14.2 Å². The van der Waals surface area contributed by atoms with Crippen LogP contribution >= 0.6 is 11.6 Å². The van der Waals surface area contributed by atoms with Crippen LogP contribution in [0.2, 0.25) is 5.02 Å².